The summed E-state index contributed by atoms with van der Waals surface area (Å²) >= 11 is 5.74. The second-order valence-corrected chi connectivity index (χ2v) is 17.0. The number of hydrogen-bond donors (Lipinski definition) is 1. The first kappa shape index (κ1) is 44.4. The summed E-state index contributed by atoms with van der Waals surface area (Å²) in [7, 11) is 0. The molecule has 1 N–H and O–H groups in total. The van der Waals surface area contributed by atoms with E-state index in [0.717, 1.165) is 46.8 Å². The lowest BCUT2D eigenvalue weighted by Gasteiger charge is -2.46. The van der Waals surface area contributed by atoms with E-state index in [9.17, 15) is 37.6 Å². The van der Waals surface area contributed by atoms with Crippen LogP contribution in [-0.2, 0) is 44.6 Å². The highest BCUT2D eigenvalue weighted by Gasteiger charge is 2.51. The van der Waals surface area contributed by atoms with E-state index in [0.29, 0.717) is 56.7 Å². The number of carbonyl (C=O) groups is 4. The van der Waals surface area contributed by atoms with E-state index in [1.165, 1.54) is 6.07 Å². The summed E-state index contributed by atoms with van der Waals surface area (Å²) in [4.78, 5) is 58.3. The number of anilines is 2. The molecule has 15 heteroatoms. The predicted octanol–water partition coefficient (Wildman–Crippen LogP) is 6.63. The second kappa shape index (κ2) is 17.8. The summed E-state index contributed by atoms with van der Waals surface area (Å²) in [5.41, 5.74) is 0.359. The van der Waals surface area contributed by atoms with Crippen LogP contribution >= 0.6 is 12.2 Å². The number of nitriles is 1. The molecule has 3 aliphatic heterocycles. The van der Waals surface area contributed by atoms with Gasteiger partial charge in [0.15, 0.2) is 10.9 Å². The molecule has 3 fully saturated rings. The van der Waals surface area contributed by atoms with Gasteiger partial charge in [0.25, 0.3) is 5.91 Å². The van der Waals surface area contributed by atoms with E-state index < -0.39 is 28.7 Å². The van der Waals surface area contributed by atoms with Gasteiger partial charge in [-0.3, -0.25) is 39.2 Å². The van der Waals surface area contributed by atoms with Crippen molar-refractivity contribution in [1.29, 1.82) is 5.26 Å². The third-order valence-corrected chi connectivity index (χ3v) is 12.2. The minimum absolute atomic E-state index is 0.0208. The molecule has 0 saturated carbocycles. The molecular weight excluding hydrogens is 794 g/mol. The summed E-state index contributed by atoms with van der Waals surface area (Å²) in [6, 6.07) is 18.3. The number of aryl methyl sites for hydroxylation is 1. The molecule has 0 spiro atoms. The van der Waals surface area contributed by atoms with Crippen LogP contribution in [0.3, 0.4) is 0 Å². The SMILES string of the molecule is CCc1cc(N2C(=S)N(c3ccc(C#N)c(C(F)(F)F)c3)C(=O)C2(C)C)ccc1OC[C@H](C)N1C[C@@H](C)N(CC(=O)Cc2cccc(CC3CCC(=O)NC3=O)c2)[C@@H](C)C1. The minimum atomic E-state index is -4.80. The van der Waals surface area contributed by atoms with E-state index in [1.54, 1.807) is 30.9 Å². The molecule has 0 radical (unpaired) electrons. The summed E-state index contributed by atoms with van der Waals surface area (Å²) in [6.45, 7) is 13.9. The first-order valence-corrected chi connectivity index (χ1v) is 20.7. The van der Waals surface area contributed by atoms with E-state index in [1.807, 2.05) is 43.3 Å². The van der Waals surface area contributed by atoms with Crippen LogP contribution in [0.25, 0.3) is 0 Å². The molecule has 0 bridgehead atoms. The quantitative estimate of drug-likeness (QED) is 0.148. The molecule has 3 aromatic carbocycles. The molecule has 0 aliphatic carbocycles. The number of thiocarbonyl (C=S) groups is 1. The van der Waals surface area contributed by atoms with Gasteiger partial charge in [-0.05, 0) is 119 Å². The Kier molecular flexibility index (Phi) is 13.2. The Balaban J connectivity index is 1.05. The van der Waals surface area contributed by atoms with Gasteiger partial charge in [-0.2, -0.15) is 18.4 Å². The fourth-order valence-electron chi connectivity index (χ4n) is 8.54. The van der Waals surface area contributed by atoms with Gasteiger partial charge in [0.1, 0.15) is 17.9 Å². The molecule has 3 amide bonds. The van der Waals surface area contributed by atoms with Crippen LogP contribution < -0.4 is 19.9 Å². The normalized spacial score (nSPS) is 21.8. The number of imide groups is 1. The number of piperazine rings is 1. The van der Waals surface area contributed by atoms with Crippen LogP contribution in [0.4, 0.5) is 24.5 Å². The molecule has 1 unspecified atom stereocenters. The number of hydrogen-bond acceptors (Lipinski definition) is 9. The molecule has 0 aromatic heterocycles. The van der Waals surface area contributed by atoms with Crippen LogP contribution in [0.15, 0.2) is 60.7 Å². The van der Waals surface area contributed by atoms with Crippen molar-refractivity contribution in [1.82, 2.24) is 15.1 Å². The zero-order chi connectivity index (χ0) is 43.7. The number of nitrogens with one attached hydrogen (secondary N) is 1. The Morgan fingerprint density at radius 2 is 1.70 bits per heavy atom. The first-order valence-electron chi connectivity index (χ1n) is 20.3. The molecule has 4 atom stereocenters. The Morgan fingerprint density at radius 1 is 1.02 bits per heavy atom. The van der Waals surface area contributed by atoms with E-state index in [2.05, 4.69) is 35.9 Å². The smallest absolute Gasteiger partial charge is 0.417 e. The zero-order valence-corrected chi connectivity index (χ0v) is 35.6. The minimum Gasteiger partial charge on any atom is -0.492 e. The number of amides is 3. The van der Waals surface area contributed by atoms with Crippen LogP contribution in [0.1, 0.15) is 82.2 Å². The van der Waals surface area contributed by atoms with E-state index >= 15 is 0 Å². The Hall–Kier alpha value is -5.17. The standard InChI is InChI=1S/C45H51F3N6O5S/c1-7-32-20-36(54-43(60)53(42(58)44(54,5)6)35-13-11-34(22-49)38(21-35)45(46,47)48)14-15-39(32)59-26-29(4)51-23-27(2)52(28(3)24-51)25-37(55)19-31-10-8-9-30(17-31)18-33-12-16-40(56)50-41(33)57/h8-11,13-15,17,20-21,27-29,33H,7,12,16,18-19,23-26H2,1-6H3,(H,50,56,57)/t27-,28+,29-,33?/m0/s1. The number of ether oxygens (including phenoxy) is 1. The summed E-state index contributed by atoms with van der Waals surface area (Å²) < 4.78 is 47.9. The molecule has 11 nitrogen and oxygen atoms in total. The van der Waals surface area contributed by atoms with Gasteiger partial charge in [-0.25, -0.2) is 0 Å². The predicted molar refractivity (Wildman–Crippen MR) is 226 cm³/mol. The number of rotatable bonds is 13. The van der Waals surface area contributed by atoms with Crippen molar-refractivity contribution >= 4 is 52.2 Å². The Morgan fingerprint density at radius 3 is 2.35 bits per heavy atom. The molecule has 60 heavy (non-hydrogen) atoms. The number of nitrogens with zero attached hydrogens (tertiary/aromatic N) is 5. The van der Waals surface area contributed by atoms with E-state index in [4.69, 9.17) is 17.0 Å². The van der Waals surface area contributed by atoms with Gasteiger partial charge in [-0.15, -0.1) is 0 Å². The highest BCUT2D eigenvalue weighted by atomic mass is 32.1. The summed E-state index contributed by atoms with van der Waals surface area (Å²) in [5.74, 6) is -0.436. The maximum Gasteiger partial charge on any atom is 0.417 e. The third-order valence-electron chi connectivity index (χ3n) is 11.9. The fraction of sp³-hybridized carbons (Fsp3) is 0.467. The number of piperidine rings is 1. The second-order valence-electron chi connectivity index (χ2n) is 16.7. The molecule has 3 saturated heterocycles. The average molecular weight is 845 g/mol. The maximum absolute atomic E-state index is 13.8. The molecule has 318 valence electrons. The van der Waals surface area contributed by atoms with E-state index in [-0.39, 0.29) is 52.4 Å². The van der Waals surface area contributed by atoms with Crippen LogP contribution in [0.5, 0.6) is 5.75 Å². The zero-order valence-electron chi connectivity index (χ0n) is 34.8. The van der Waals surface area contributed by atoms with Crippen molar-refractivity contribution in [2.24, 2.45) is 5.92 Å². The van der Waals surface area contributed by atoms with Crippen molar-refractivity contribution in [3.8, 4) is 11.8 Å². The summed E-state index contributed by atoms with van der Waals surface area (Å²) in [5, 5.41) is 11.7. The van der Waals surface area contributed by atoms with Crippen molar-refractivity contribution in [2.75, 3.05) is 36.0 Å². The number of alkyl halides is 3. The van der Waals surface area contributed by atoms with Crippen LogP contribution in [0, 0.1) is 17.2 Å². The molecular formula is C45H51F3N6O5S. The van der Waals surface area contributed by atoms with Gasteiger partial charge in [0.05, 0.1) is 29.4 Å². The van der Waals surface area contributed by atoms with Gasteiger partial charge in [-0.1, -0.05) is 31.2 Å². The number of carbonyl (C=O) groups excluding carboxylic acids is 4. The Bertz CT molecular complexity index is 2210. The number of benzene rings is 3. The van der Waals surface area contributed by atoms with Gasteiger partial charge in [0, 0.05) is 55.7 Å². The van der Waals surface area contributed by atoms with Crippen molar-refractivity contribution < 1.29 is 37.1 Å². The van der Waals surface area contributed by atoms with Crippen molar-refractivity contribution in [2.45, 2.75) is 103 Å². The molecule has 3 aromatic rings. The third kappa shape index (κ3) is 9.41. The topological polar surface area (TPSA) is 126 Å². The van der Waals surface area contributed by atoms with Crippen molar-refractivity contribution in [3.63, 3.8) is 0 Å². The molecule has 3 aliphatic rings. The first-order chi connectivity index (χ1) is 28.3. The average Bonchev–Trinajstić information content (AvgIpc) is 3.37. The lowest BCUT2D eigenvalue weighted by molar-refractivity contribution is -0.138. The van der Waals surface area contributed by atoms with Gasteiger partial charge < -0.3 is 9.64 Å². The highest BCUT2D eigenvalue weighted by molar-refractivity contribution is 7.81. The monoisotopic (exact) mass is 844 g/mol. The largest absolute Gasteiger partial charge is 0.492 e. The molecule has 6 rings (SSSR count). The van der Waals surface area contributed by atoms with Gasteiger partial charge >= 0.3 is 6.18 Å². The lowest BCUT2D eigenvalue weighted by atomic mass is 9.90. The molecule has 3 heterocycles. The highest BCUT2D eigenvalue weighted by Crippen LogP contribution is 2.41. The Labute approximate surface area is 354 Å². The van der Waals surface area contributed by atoms with Crippen LogP contribution in [-0.4, -0.2) is 88.3 Å². The van der Waals surface area contributed by atoms with Gasteiger partial charge in [0.2, 0.25) is 11.8 Å². The fourth-order valence-corrected chi connectivity index (χ4v) is 9.06. The van der Waals surface area contributed by atoms with Crippen molar-refractivity contribution in [3.05, 3.63) is 88.5 Å². The maximum atomic E-state index is 13.8. The summed E-state index contributed by atoms with van der Waals surface area (Å²) in [6.07, 6.45) is -2.51. The lowest BCUT2D eigenvalue weighted by Crippen LogP contribution is -2.60. The van der Waals surface area contributed by atoms with Crippen LogP contribution in [0.2, 0.25) is 0 Å². The number of halogens is 3. The number of ketones is 1. The number of Topliss-reactive ketones (excluding diaryl/α,β-unsaturated/α-hetero) is 1.